The lowest BCUT2D eigenvalue weighted by molar-refractivity contribution is 0.0971. The average molecular weight is 309 g/mol. The van der Waals surface area contributed by atoms with Crippen LogP contribution < -0.4 is 5.62 Å². The number of ketones is 1. The minimum Gasteiger partial charge on any atom is -0.310 e. The van der Waals surface area contributed by atoms with Crippen LogP contribution in [-0.4, -0.2) is 22.0 Å². The van der Waals surface area contributed by atoms with Crippen molar-refractivity contribution in [3.63, 3.8) is 0 Å². The number of halogens is 1. The van der Waals surface area contributed by atoms with Gasteiger partial charge in [0, 0.05) is 19.2 Å². The summed E-state index contributed by atoms with van der Waals surface area (Å²) in [5.74, 6) is -0.390. The number of Topliss-reactive ketones (excluding diaryl/α,β-unsaturated/α-hetero) is 1. The Bertz CT molecular complexity index is 980. The maximum Gasteiger partial charge on any atom is 0.206 e. The van der Waals surface area contributed by atoms with E-state index in [1.165, 1.54) is 35.3 Å². The van der Waals surface area contributed by atoms with E-state index in [0.717, 1.165) is 24.1 Å². The number of aryl methyl sites for hydroxylation is 2. The Labute approximate surface area is 132 Å². The molecule has 1 aromatic heterocycles. The fraction of sp³-hybridized carbons (Fsp3) is 0.222. The molecule has 0 spiro atoms. The van der Waals surface area contributed by atoms with Gasteiger partial charge in [-0.1, -0.05) is 12.1 Å². The fourth-order valence-corrected chi connectivity index (χ4v) is 3.37. The molecule has 4 rings (SSSR count). The fourth-order valence-electron chi connectivity index (χ4n) is 3.37. The van der Waals surface area contributed by atoms with E-state index < -0.39 is 0 Å². The van der Waals surface area contributed by atoms with Crippen molar-refractivity contribution in [1.82, 2.24) is 9.13 Å². The minimum absolute atomic E-state index is 0.0510. The van der Waals surface area contributed by atoms with E-state index in [1.807, 2.05) is 16.7 Å². The Kier molecular flexibility index (Phi) is 3.15. The van der Waals surface area contributed by atoms with Gasteiger partial charge in [-0.25, -0.2) is 4.39 Å². The van der Waals surface area contributed by atoms with E-state index >= 15 is 0 Å². The van der Waals surface area contributed by atoms with Crippen LogP contribution >= 0.6 is 0 Å². The smallest absolute Gasteiger partial charge is 0.206 e. The van der Waals surface area contributed by atoms with Crippen LogP contribution in [0.2, 0.25) is 0 Å². The molecule has 0 amide bonds. The molecule has 4 nitrogen and oxygen atoms in total. The molecule has 5 heteroatoms. The molecular weight excluding hydrogens is 293 g/mol. The lowest BCUT2D eigenvalue weighted by atomic mass is 10.1. The summed E-state index contributed by atoms with van der Waals surface area (Å²) in [5.41, 5.74) is 4.80. The van der Waals surface area contributed by atoms with Gasteiger partial charge in [-0.2, -0.15) is 0 Å². The molecule has 1 aliphatic rings. The van der Waals surface area contributed by atoms with Gasteiger partial charge in [-0.05, 0) is 42.3 Å². The van der Waals surface area contributed by atoms with Crippen molar-refractivity contribution in [2.75, 3.05) is 7.05 Å². The van der Waals surface area contributed by atoms with Gasteiger partial charge in [0.15, 0.2) is 5.78 Å². The van der Waals surface area contributed by atoms with E-state index in [0.29, 0.717) is 5.56 Å². The highest BCUT2D eigenvalue weighted by molar-refractivity contribution is 5.96. The van der Waals surface area contributed by atoms with Crippen molar-refractivity contribution in [2.24, 2.45) is 4.99 Å². The maximum absolute atomic E-state index is 13.0. The molecule has 116 valence electrons. The zero-order chi connectivity index (χ0) is 16.0. The summed E-state index contributed by atoms with van der Waals surface area (Å²) in [6, 6.07) is 11.8. The van der Waals surface area contributed by atoms with Crippen molar-refractivity contribution < 1.29 is 9.18 Å². The molecule has 0 bridgehead atoms. The highest BCUT2D eigenvalue weighted by Crippen LogP contribution is 2.24. The van der Waals surface area contributed by atoms with Crippen LogP contribution in [-0.2, 0) is 19.5 Å². The predicted octanol–water partition coefficient (Wildman–Crippen LogP) is 2.55. The molecule has 0 radical (unpaired) electrons. The Morgan fingerprint density at radius 2 is 2.00 bits per heavy atom. The van der Waals surface area contributed by atoms with Crippen LogP contribution in [0, 0.1) is 5.82 Å². The van der Waals surface area contributed by atoms with E-state index in [9.17, 15) is 9.18 Å². The van der Waals surface area contributed by atoms with Gasteiger partial charge in [0.25, 0.3) is 0 Å². The Balaban J connectivity index is 1.82. The molecule has 0 saturated heterocycles. The third kappa shape index (κ3) is 2.11. The van der Waals surface area contributed by atoms with Gasteiger partial charge in [-0.15, -0.1) is 0 Å². The van der Waals surface area contributed by atoms with Crippen LogP contribution in [0.1, 0.15) is 15.9 Å². The third-order valence-corrected chi connectivity index (χ3v) is 4.41. The maximum atomic E-state index is 13.0. The quantitative estimate of drug-likeness (QED) is 0.685. The Hall–Kier alpha value is -2.69. The highest BCUT2D eigenvalue weighted by atomic mass is 19.1. The van der Waals surface area contributed by atoms with Crippen molar-refractivity contribution >= 4 is 16.8 Å². The van der Waals surface area contributed by atoms with Gasteiger partial charge in [0.05, 0.1) is 17.6 Å². The van der Waals surface area contributed by atoms with Crippen molar-refractivity contribution in [3.8, 4) is 0 Å². The number of hydrogen-bond acceptors (Lipinski definition) is 2. The number of imidazole rings is 1. The van der Waals surface area contributed by atoms with Crippen LogP contribution in [0.15, 0.2) is 47.5 Å². The van der Waals surface area contributed by atoms with Crippen molar-refractivity contribution in [3.05, 3.63) is 65.0 Å². The average Bonchev–Trinajstić information content (AvgIpc) is 3.11. The highest BCUT2D eigenvalue weighted by Gasteiger charge is 2.21. The first kappa shape index (κ1) is 13.9. The zero-order valence-electron chi connectivity index (χ0n) is 12.8. The number of hydrogen-bond donors (Lipinski definition) is 0. The summed E-state index contributed by atoms with van der Waals surface area (Å²) < 4.78 is 17.1. The summed E-state index contributed by atoms with van der Waals surface area (Å²) in [7, 11) is 1.74. The summed E-state index contributed by atoms with van der Waals surface area (Å²) in [4.78, 5) is 16.9. The first-order valence-electron chi connectivity index (χ1n) is 7.61. The topological polar surface area (TPSA) is 39.3 Å². The van der Waals surface area contributed by atoms with Crippen LogP contribution in [0.3, 0.4) is 0 Å². The first-order valence-corrected chi connectivity index (χ1v) is 7.61. The number of carbonyl (C=O) groups excluding carboxylic acids is 1. The third-order valence-electron chi connectivity index (χ3n) is 4.41. The summed E-state index contributed by atoms with van der Waals surface area (Å²) in [5, 5.41) is 0. The van der Waals surface area contributed by atoms with E-state index in [-0.39, 0.29) is 18.1 Å². The molecule has 23 heavy (non-hydrogen) atoms. The van der Waals surface area contributed by atoms with Gasteiger partial charge in [-0.3, -0.25) is 9.79 Å². The number of nitrogens with zero attached hydrogens (tertiary/aromatic N) is 3. The first-order chi connectivity index (χ1) is 11.2. The summed E-state index contributed by atoms with van der Waals surface area (Å²) >= 11 is 0. The van der Waals surface area contributed by atoms with Gasteiger partial charge in [0.1, 0.15) is 5.82 Å². The Morgan fingerprint density at radius 1 is 1.22 bits per heavy atom. The minimum atomic E-state index is -0.339. The number of para-hydroxylation sites is 1. The predicted molar refractivity (Wildman–Crippen MR) is 85.8 cm³/mol. The lowest BCUT2D eigenvalue weighted by Crippen LogP contribution is -2.28. The van der Waals surface area contributed by atoms with E-state index in [1.54, 1.807) is 7.05 Å². The Morgan fingerprint density at radius 3 is 2.74 bits per heavy atom. The normalized spacial score (nSPS) is 13.9. The van der Waals surface area contributed by atoms with Crippen LogP contribution in [0.5, 0.6) is 0 Å². The molecule has 2 heterocycles. The molecule has 1 aliphatic heterocycles. The van der Waals surface area contributed by atoms with Crippen LogP contribution in [0.4, 0.5) is 4.39 Å². The zero-order valence-corrected chi connectivity index (χ0v) is 12.8. The second-order valence-electron chi connectivity index (χ2n) is 5.73. The van der Waals surface area contributed by atoms with Crippen molar-refractivity contribution in [2.45, 2.75) is 19.5 Å². The van der Waals surface area contributed by atoms with E-state index in [2.05, 4.69) is 15.6 Å². The summed E-state index contributed by atoms with van der Waals surface area (Å²) in [6.45, 7) is 1.09. The van der Waals surface area contributed by atoms with Gasteiger partial charge in [0.2, 0.25) is 5.62 Å². The molecule has 0 fully saturated rings. The SMILES string of the molecule is CN=c1n(CC(=O)c2ccc(F)cc2)c2cccc3c2n1CC3. The number of aromatic nitrogens is 2. The molecule has 0 N–H and O–H groups in total. The van der Waals surface area contributed by atoms with E-state index in [4.69, 9.17) is 0 Å². The molecule has 0 atom stereocenters. The summed E-state index contributed by atoms with van der Waals surface area (Å²) in [6.07, 6.45) is 1.00. The standard InChI is InChI=1S/C18H16FN3O/c1-20-18-21-10-9-13-3-2-4-15(17(13)21)22(18)11-16(23)12-5-7-14(19)8-6-12/h2-8H,9-11H2,1H3. The largest absolute Gasteiger partial charge is 0.310 e. The molecule has 0 aliphatic carbocycles. The van der Waals surface area contributed by atoms with Gasteiger partial charge >= 0.3 is 0 Å². The number of benzene rings is 2. The van der Waals surface area contributed by atoms with Crippen LogP contribution in [0.25, 0.3) is 11.0 Å². The molecular formula is C18H16FN3O. The molecule has 2 aromatic carbocycles. The number of rotatable bonds is 3. The lowest BCUT2D eigenvalue weighted by Gasteiger charge is -2.06. The second kappa shape index (κ2) is 5.19. The monoisotopic (exact) mass is 309 g/mol. The van der Waals surface area contributed by atoms with Crippen molar-refractivity contribution in [1.29, 1.82) is 0 Å². The second-order valence-corrected chi connectivity index (χ2v) is 5.73. The number of carbonyl (C=O) groups is 1. The molecule has 3 aromatic rings. The molecule has 0 saturated carbocycles. The van der Waals surface area contributed by atoms with Gasteiger partial charge < -0.3 is 9.13 Å². The molecule has 0 unspecified atom stereocenters.